The van der Waals surface area contributed by atoms with Crippen molar-refractivity contribution in [1.29, 1.82) is 0 Å². The van der Waals surface area contributed by atoms with E-state index in [1.807, 2.05) is 66.7 Å². The lowest BCUT2D eigenvalue weighted by molar-refractivity contribution is -0.119. The average molecular weight is 361 g/mol. The number of fused-ring (bicyclic) bond motifs is 1. The fourth-order valence-corrected chi connectivity index (χ4v) is 2.69. The minimum Gasteiger partial charge on any atom is -0.493 e. The standard InChI is InChI=1S/C22H23N3O2/c1-2-14-27-21-13-12-17-8-6-7-11-19(17)20(21)15-24-25-22(26)16-23-18-9-4-3-5-10-18/h3-13,15,23H,2,14,16H2,1H3,(H,25,26)/b24-15-. The maximum absolute atomic E-state index is 12.0. The second-order valence-corrected chi connectivity index (χ2v) is 6.06. The highest BCUT2D eigenvalue weighted by atomic mass is 16.5. The van der Waals surface area contributed by atoms with E-state index in [0.717, 1.165) is 34.2 Å². The lowest BCUT2D eigenvalue weighted by atomic mass is 10.0. The number of anilines is 1. The molecular formula is C22H23N3O2. The Labute approximate surface area is 159 Å². The molecule has 0 saturated heterocycles. The van der Waals surface area contributed by atoms with Crippen LogP contribution in [-0.4, -0.2) is 25.3 Å². The summed E-state index contributed by atoms with van der Waals surface area (Å²) in [7, 11) is 0. The third kappa shape index (κ3) is 5.07. The molecule has 0 radical (unpaired) electrons. The summed E-state index contributed by atoms with van der Waals surface area (Å²) in [5, 5.41) is 9.31. The van der Waals surface area contributed by atoms with Crippen LogP contribution in [0.15, 0.2) is 71.8 Å². The number of benzene rings is 3. The number of carbonyl (C=O) groups is 1. The van der Waals surface area contributed by atoms with E-state index in [1.165, 1.54) is 0 Å². The lowest BCUT2D eigenvalue weighted by Gasteiger charge is -2.11. The summed E-state index contributed by atoms with van der Waals surface area (Å²) in [6.07, 6.45) is 2.57. The molecule has 2 N–H and O–H groups in total. The van der Waals surface area contributed by atoms with Gasteiger partial charge in [-0.3, -0.25) is 4.79 Å². The Morgan fingerprint density at radius 2 is 1.81 bits per heavy atom. The molecule has 3 aromatic rings. The van der Waals surface area contributed by atoms with Crippen molar-refractivity contribution in [2.24, 2.45) is 5.10 Å². The number of amides is 1. The first kappa shape index (κ1) is 18.5. The van der Waals surface area contributed by atoms with Crippen molar-refractivity contribution in [2.75, 3.05) is 18.5 Å². The molecule has 0 bridgehead atoms. The van der Waals surface area contributed by atoms with E-state index in [0.29, 0.717) is 6.61 Å². The molecule has 0 aliphatic rings. The van der Waals surface area contributed by atoms with Crippen molar-refractivity contribution in [3.8, 4) is 5.75 Å². The highest BCUT2D eigenvalue weighted by Gasteiger charge is 2.07. The summed E-state index contributed by atoms with van der Waals surface area (Å²) in [6.45, 7) is 2.84. The van der Waals surface area contributed by atoms with E-state index in [2.05, 4.69) is 22.8 Å². The van der Waals surface area contributed by atoms with Crippen molar-refractivity contribution >= 4 is 28.6 Å². The van der Waals surface area contributed by atoms with E-state index >= 15 is 0 Å². The number of hydrogen-bond donors (Lipinski definition) is 2. The molecule has 0 heterocycles. The highest BCUT2D eigenvalue weighted by Crippen LogP contribution is 2.26. The Morgan fingerprint density at radius 1 is 1.04 bits per heavy atom. The first-order valence-electron chi connectivity index (χ1n) is 9.03. The summed E-state index contributed by atoms with van der Waals surface area (Å²) in [6, 6.07) is 21.6. The summed E-state index contributed by atoms with van der Waals surface area (Å²) < 4.78 is 5.84. The molecule has 27 heavy (non-hydrogen) atoms. The summed E-state index contributed by atoms with van der Waals surface area (Å²) in [4.78, 5) is 12.0. The number of rotatable bonds is 8. The fraction of sp³-hybridized carbons (Fsp3) is 0.182. The first-order valence-corrected chi connectivity index (χ1v) is 9.03. The molecular weight excluding hydrogens is 338 g/mol. The van der Waals surface area contributed by atoms with Gasteiger partial charge >= 0.3 is 0 Å². The quantitative estimate of drug-likeness (QED) is 0.467. The van der Waals surface area contributed by atoms with E-state index in [4.69, 9.17) is 4.74 Å². The van der Waals surface area contributed by atoms with Crippen LogP contribution in [0.2, 0.25) is 0 Å². The van der Waals surface area contributed by atoms with Crippen LogP contribution in [-0.2, 0) is 4.79 Å². The number of hydrazone groups is 1. The molecule has 5 heteroatoms. The van der Waals surface area contributed by atoms with Crippen LogP contribution in [0.4, 0.5) is 5.69 Å². The van der Waals surface area contributed by atoms with Gasteiger partial charge in [0.15, 0.2) is 0 Å². The van der Waals surface area contributed by atoms with Crippen LogP contribution in [0.3, 0.4) is 0 Å². The second-order valence-electron chi connectivity index (χ2n) is 6.06. The number of para-hydroxylation sites is 1. The SMILES string of the molecule is CCCOc1ccc2ccccc2c1/C=N\NC(=O)CNc1ccccc1. The maximum atomic E-state index is 12.0. The van der Waals surface area contributed by atoms with Crippen LogP contribution in [0, 0.1) is 0 Å². The Balaban J connectivity index is 1.69. The Bertz CT molecular complexity index is 923. The van der Waals surface area contributed by atoms with Crippen LogP contribution in [0.25, 0.3) is 10.8 Å². The predicted octanol–water partition coefficient (Wildman–Crippen LogP) is 4.19. The van der Waals surface area contributed by atoms with E-state index in [-0.39, 0.29) is 12.5 Å². The predicted molar refractivity (Wildman–Crippen MR) is 110 cm³/mol. The second kappa shape index (κ2) is 9.38. The van der Waals surface area contributed by atoms with Crippen molar-refractivity contribution in [2.45, 2.75) is 13.3 Å². The van der Waals surface area contributed by atoms with Gasteiger partial charge in [-0.1, -0.05) is 55.5 Å². The van der Waals surface area contributed by atoms with Gasteiger partial charge in [0.2, 0.25) is 0 Å². The molecule has 0 saturated carbocycles. The van der Waals surface area contributed by atoms with Crippen molar-refractivity contribution in [3.63, 3.8) is 0 Å². The molecule has 0 fully saturated rings. The van der Waals surface area contributed by atoms with Gasteiger partial charge in [-0.25, -0.2) is 5.43 Å². The molecule has 3 rings (SSSR count). The molecule has 138 valence electrons. The minimum atomic E-state index is -0.216. The van der Waals surface area contributed by atoms with Gasteiger partial charge in [0.25, 0.3) is 5.91 Å². The van der Waals surface area contributed by atoms with Gasteiger partial charge in [0.1, 0.15) is 5.75 Å². The Kier molecular flexibility index (Phi) is 6.41. The third-order valence-corrected chi connectivity index (χ3v) is 4.00. The zero-order valence-corrected chi connectivity index (χ0v) is 15.3. The molecule has 0 aliphatic heterocycles. The molecule has 5 nitrogen and oxygen atoms in total. The number of nitrogens with zero attached hydrogens (tertiary/aromatic N) is 1. The molecule has 0 unspecified atom stereocenters. The van der Waals surface area contributed by atoms with E-state index in [1.54, 1.807) is 6.21 Å². The molecule has 0 atom stereocenters. The monoisotopic (exact) mass is 361 g/mol. The first-order chi connectivity index (χ1) is 13.3. The van der Waals surface area contributed by atoms with Crippen molar-refractivity contribution in [3.05, 3.63) is 72.3 Å². The number of hydrogen-bond acceptors (Lipinski definition) is 4. The molecule has 0 spiro atoms. The van der Waals surface area contributed by atoms with Crippen LogP contribution >= 0.6 is 0 Å². The van der Waals surface area contributed by atoms with Gasteiger partial charge in [0, 0.05) is 11.3 Å². The van der Waals surface area contributed by atoms with Gasteiger partial charge in [0.05, 0.1) is 19.4 Å². The van der Waals surface area contributed by atoms with Crippen molar-refractivity contribution in [1.82, 2.24) is 5.43 Å². The Hall–Kier alpha value is -3.34. The molecule has 0 aliphatic carbocycles. The molecule has 1 amide bonds. The van der Waals surface area contributed by atoms with E-state index in [9.17, 15) is 4.79 Å². The number of ether oxygens (including phenoxy) is 1. The molecule has 0 aromatic heterocycles. The number of carbonyl (C=O) groups excluding carboxylic acids is 1. The summed E-state index contributed by atoms with van der Waals surface area (Å²) >= 11 is 0. The van der Waals surface area contributed by atoms with Gasteiger partial charge in [-0.2, -0.15) is 5.10 Å². The number of nitrogens with one attached hydrogen (secondary N) is 2. The zero-order chi connectivity index (χ0) is 18.9. The Morgan fingerprint density at radius 3 is 2.63 bits per heavy atom. The topological polar surface area (TPSA) is 62.7 Å². The van der Waals surface area contributed by atoms with Gasteiger partial charge in [-0.15, -0.1) is 0 Å². The summed E-state index contributed by atoms with van der Waals surface area (Å²) in [5.74, 6) is 0.544. The van der Waals surface area contributed by atoms with Crippen LogP contribution < -0.4 is 15.5 Å². The van der Waals surface area contributed by atoms with E-state index < -0.39 is 0 Å². The lowest BCUT2D eigenvalue weighted by Crippen LogP contribution is -2.25. The van der Waals surface area contributed by atoms with Crippen molar-refractivity contribution < 1.29 is 9.53 Å². The minimum absolute atomic E-state index is 0.149. The average Bonchev–Trinajstić information content (AvgIpc) is 2.72. The molecule has 3 aromatic carbocycles. The van der Waals surface area contributed by atoms with Crippen LogP contribution in [0.1, 0.15) is 18.9 Å². The van der Waals surface area contributed by atoms with Gasteiger partial charge in [-0.05, 0) is 35.4 Å². The third-order valence-electron chi connectivity index (χ3n) is 4.00. The zero-order valence-electron chi connectivity index (χ0n) is 15.3. The van der Waals surface area contributed by atoms with Gasteiger partial charge < -0.3 is 10.1 Å². The normalized spacial score (nSPS) is 10.9. The maximum Gasteiger partial charge on any atom is 0.259 e. The largest absolute Gasteiger partial charge is 0.493 e. The summed E-state index contributed by atoms with van der Waals surface area (Å²) in [5.41, 5.74) is 4.31. The smallest absolute Gasteiger partial charge is 0.259 e. The van der Waals surface area contributed by atoms with Crippen LogP contribution in [0.5, 0.6) is 5.75 Å². The highest BCUT2D eigenvalue weighted by molar-refractivity contribution is 6.02. The fourth-order valence-electron chi connectivity index (χ4n) is 2.69.